The molecule has 0 aromatic carbocycles. The van der Waals surface area contributed by atoms with E-state index in [-0.39, 0.29) is 0 Å². The van der Waals surface area contributed by atoms with Gasteiger partial charge in [-0.3, -0.25) is 4.68 Å². The highest BCUT2D eigenvalue weighted by Gasteiger charge is 2.16. The summed E-state index contributed by atoms with van der Waals surface area (Å²) in [6.07, 6.45) is 4.68. The number of nitrogens with zero attached hydrogens (tertiary/aromatic N) is 2. The Morgan fingerprint density at radius 2 is 1.89 bits per heavy atom. The van der Waals surface area contributed by atoms with E-state index in [1.54, 1.807) is 0 Å². The lowest BCUT2D eigenvalue weighted by Crippen LogP contribution is -2.27. The molecule has 0 fully saturated rings. The summed E-state index contributed by atoms with van der Waals surface area (Å²) in [4.78, 5) is 0. The van der Waals surface area contributed by atoms with E-state index in [1.165, 1.54) is 36.2 Å². The first-order valence-corrected chi connectivity index (χ1v) is 7.40. The van der Waals surface area contributed by atoms with Crippen LogP contribution in [-0.4, -0.2) is 22.9 Å². The maximum atomic E-state index is 4.76. The van der Waals surface area contributed by atoms with Crippen LogP contribution < -0.4 is 5.32 Å². The molecule has 3 heteroatoms. The highest BCUT2D eigenvalue weighted by Crippen LogP contribution is 2.20. The molecule has 0 aliphatic rings. The van der Waals surface area contributed by atoms with E-state index in [2.05, 4.69) is 44.6 Å². The third-order valence-electron chi connectivity index (χ3n) is 3.60. The predicted molar refractivity (Wildman–Crippen MR) is 78.2 cm³/mol. The summed E-state index contributed by atoms with van der Waals surface area (Å²) in [6.45, 7) is 13.1. The minimum atomic E-state index is 0.501. The van der Waals surface area contributed by atoms with Crippen LogP contribution in [0.3, 0.4) is 0 Å². The van der Waals surface area contributed by atoms with Crippen LogP contribution in [-0.2, 0) is 6.42 Å². The molecule has 0 aliphatic carbocycles. The van der Waals surface area contributed by atoms with Crippen LogP contribution in [0.25, 0.3) is 0 Å². The maximum absolute atomic E-state index is 4.76. The Labute approximate surface area is 112 Å². The summed E-state index contributed by atoms with van der Waals surface area (Å²) in [6, 6.07) is 0.501. The normalized spacial score (nSPS) is 12.9. The Kier molecular flexibility index (Phi) is 6.41. The summed E-state index contributed by atoms with van der Waals surface area (Å²) >= 11 is 0. The molecule has 1 unspecified atom stereocenters. The summed E-state index contributed by atoms with van der Waals surface area (Å²) in [5.41, 5.74) is 3.98. The van der Waals surface area contributed by atoms with Gasteiger partial charge in [0.2, 0.25) is 0 Å². The Hall–Kier alpha value is -0.830. The zero-order chi connectivity index (χ0) is 13.5. The molecule has 0 aliphatic heterocycles. The average molecular weight is 251 g/mol. The topological polar surface area (TPSA) is 29.9 Å². The molecule has 3 nitrogen and oxygen atoms in total. The van der Waals surface area contributed by atoms with Gasteiger partial charge < -0.3 is 5.32 Å². The van der Waals surface area contributed by atoms with E-state index in [1.807, 2.05) is 0 Å². The van der Waals surface area contributed by atoms with Gasteiger partial charge in [-0.2, -0.15) is 5.10 Å². The summed E-state index contributed by atoms with van der Waals surface area (Å²) in [7, 11) is 0. The zero-order valence-corrected chi connectivity index (χ0v) is 12.7. The summed E-state index contributed by atoms with van der Waals surface area (Å²) in [5.74, 6) is 0. The molecule has 0 radical (unpaired) electrons. The first-order chi connectivity index (χ1) is 8.65. The van der Waals surface area contributed by atoms with E-state index in [9.17, 15) is 0 Å². The minimum Gasteiger partial charge on any atom is -0.315 e. The fourth-order valence-corrected chi connectivity index (χ4v) is 2.65. The van der Waals surface area contributed by atoms with Crippen molar-refractivity contribution in [2.45, 2.75) is 66.3 Å². The minimum absolute atomic E-state index is 0.501. The molecule has 1 aromatic heterocycles. The third kappa shape index (κ3) is 3.58. The standard InChI is InChI=1S/C15H29N3/c1-6-9-14(11-16-10-7-2)18-13(5)15(8-3)12(4)17-18/h14,16H,6-11H2,1-5H3. The van der Waals surface area contributed by atoms with Crippen LogP contribution in [0, 0.1) is 13.8 Å². The number of aryl methyl sites for hydroxylation is 1. The van der Waals surface area contributed by atoms with Gasteiger partial charge in [-0.1, -0.05) is 27.2 Å². The molecule has 1 aromatic rings. The third-order valence-corrected chi connectivity index (χ3v) is 3.60. The Bertz CT molecular complexity index is 355. The summed E-state index contributed by atoms with van der Waals surface area (Å²) in [5, 5.41) is 8.29. The van der Waals surface area contributed by atoms with Crippen molar-refractivity contribution < 1.29 is 0 Å². The second-order valence-electron chi connectivity index (χ2n) is 5.09. The molecule has 1 rings (SSSR count). The second-order valence-corrected chi connectivity index (χ2v) is 5.09. The molecular formula is C15H29N3. The molecule has 1 heterocycles. The van der Waals surface area contributed by atoms with Crippen LogP contribution in [0.5, 0.6) is 0 Å². The molecule has 18 heavy (non-hydrogen) atoms. The van der Waals surface area contributed by atoms with Gasteiger partial charge in [-0.05, 0) is 45.2 Å². The van der Waals surface area contributed by atoms with E-state index in [4.69, 9.17) is 5.10 Å². The molecule has 0 spiro atoms. The predicted octanol–water partition coefficient (Wildman–Crippen LogP) is 3.40. The SMILES string of the molecule is CCCNCC(CCC)n1nc(C)c(CC)c1C. The summed E-state index contributed by atoms with van der Waals surface area (Å²) < 4.78 is 2.25. The van der Waals surface area contributed by atoms with Crippen molar-refractivity contribution >= 4 is 0 Å². The number of aromatic nitrogens is 2. The quantitative estimate of drug-likeness (QED) is 0.718. The molecule has 0 saturated heterocycles. The molecule has 1 N–H and O–H groups in total. The van der Waals surface area contributed by atoms with Crippen molar-refractivity contribution in [1.82, 2.24) is 15.1 Å². The van der Waals surface area contributed by atoms with Crippen LogP contribution in [0.1, 0.15) is 63.0 Å². The second kappa shape index (κ2) is 7.57. The van der Waals surface area contributed by atoms with Gasteiger partial charge in [0.15, 0.2) is 0 Å². The molecular weight excluding hydrogens is 222 g/mol. The molecule has 0 saturated carbocycles. The van der Waals surface area contributed by atoms with E-state index < -0.39 is 0 Å². The van der Waals surface area contributed by atoms with Gasteiger partial charge in [-0.15, -0.1) is 0 Å². The van der Waals surface area contributed by atoms with Gasteiger partial charge in [0.05, 0.1) is 11.7 Å². The first-order valence-electron chi connectivity index (χ1n) is 7.40. The van der Waals surface area contributed by atoms with Gasteiger partial charge in [0.1, 0.15) is 0 Å². The Balaban J connectivity index is 2.84. The fraction of sp³-hybridized carbons (Fsp3) is 0.800. The Morgan fingerprint density at radius 3 is 2.39 bits per heavy atom. The number of hydrogen-bond acceptors (Lipinski definition) is 2. The first kappa shape index (κ1) is 15.2. The smallest absolute Gasteiger partial charge is 0.0646 e. The lowest BCUT2D eigenvalue weighted by atomic mass is 10.1. The highest BCUT2D eigenvalue weighted by atomic mass is 15.3. The van der Waals surface area contributed by atoms with Gasteiger partial charge in [0, 0.05) is 12.2 Å². The lowest BCUT2D eigenvalue weighted by Gasteiger charge is -2.19. The van der Waals surface area contributed by atoms with E-state index in [0.717, 1.165) is 19.5 Å². The van der Waals surface area contributed by atoms with Crippen molar-refractivity contribution in [2.24, 2.45) is 0 Å². The van der Waals surface area contributed by atoms with Crippen LogP contribution in [0.4, 0.5) is 0 Å². The zero-order valence-electron chi connectivity index (χ0n) is 12.7. The maximum Gasteiger partial charge on any atom is 0.0646 e. The van der Waals surface area contributed by atoms with Gasteiger partial charge in [-0.25, -0.2) is 0 Å². The number of rotatable bonds is 8. The number of nitrogens with one attached hydrogen (secondary N) is 1. The molecule has 0 bridgehead atoms. The van der Waals surface area contributed by atoms with Crippen molar-refractivity contribution in [2.75, 3.05) is 13.1 Å². The van der Waals surface area contributed by atoms with Crippen molar-refractivity contribution in [3.63, 3.8) is 0 Å². The largest absolute Gasteiger partial charge is 0.315 e. The fourth-order valence-electron chi connectivity index (χ4n) is 2.65. The van der Waals surface area contributed by atoms with Crippen LogP contribution in [0.2, 0.25) is 0 Å². The monoisotopic (exact) mass is 251 g/mol. The molecule has 104 valence electrons. The van der Waals surface area contributed by atoms with Crippen molar-refractivity contribution in [3.05, 3.63) is 17.0 Å². The van der Waals surface area contributed by atoms with E-state index in [0.29, 0.717) is 6.04 Å². The molecule has 0 amide bonds. The van der Waals surface area contributed by atoms with Crippen molar-refractivity contribution in [1.29, 1.82) is 0 Å². The van der Waals surface area contributed by atoms with E-state index >= 15 is 0 Å². The number of hydrogen-bond donors (Lipinski definition) is 1. The van der Waals surface area contributed by atoms with Crippen molar-refractivity contribution in [3.8, 4) is 0 Å². The average Bonchev–Trinajstić information content (AvgIpc) is 2.63. The van der Waals surface area contributed by atoms with Crippen LogP contribution >= 0.6 is 0 Å². The lowest BCUT2D eigenvalue weighted by molar-refractivity contribution is 0.388. The molecule has 1 atom stereocenters. The van der Waals surface area contributed by atoms with Crippen LogP contribution in [0.15, 0.2) is 0 Å². The van der Waals surface area contributed by atoms with Gasteiger partial charge >= 0.3 is 0 Å². The Morgan fingerprint density at radius 1 is 1.17 bits per heavy atom. The highest BCUT2D eigenvalue weighted by molar-refractivity contribution is 5.24. The van der Waals surface area contributed by atoms with Gasteiger partial charge in [0.25, 0.3) is 0 Å².